The molecule has 1 aliphatic rings. The first-order chi connectivity index (χ1) is 9.06. The van der Waals surface area contributed by atoms with Crippen molar-refractivity contribution in [3.05, 3.63) is 35.4 Å². The standard InChI is InChI=1S/C17H27NO/c1-4-15-12-18-9-8-17(15,19)16-7-5-6-14(11-16)10-13(2)3/h5-7,11,13,15,18-19H,4,8-10,12H2,1-3H3. The van der Waals surface area contributed by atoms with Gasteiger partial charge in [-0.05, 0) is 42.9 Å². The monoisotopic (exact) mass is 261 g/mol. The Balaban J connectivity index is 2.28. The van der Waals surface area contributed by atoms with Crippen molar-refractivity contribution in [2.24, 2.45) is 11.8 Å². The highest BCUT2D eigenvalue weighted by Crippen LogP contribution is 2.37. The second-order valence-corrected chi connectivity index (χ2v) is 6.28. The molecule has 2 atom stereocenters. The van der Waals surface area contributed by atoms with Crippen LogP contribution in [0, 0.1) is 11.8 Å². The maximum absolute atomic E-state index is 11.1. The van der Waals surface area contributed by atoms with Gasteiger partial charge in [0.2, 0.25) is 0 Å². The molecule has 106 valence electrons. The molecule has 1 saturated heterocycles. The second-order valence-electron chi connectivity index (χ2n) is 6.28. The first-order valence-electron chi connectivity index (χ1n) is 7.58. The van der Waals surface area contributed by atoms with Crippen molar-refractivity contribution in [3.8, 4) is 0 Å². The van der Waals surface area contributed by atoms with Gasteiger partial charge in [0.05, 0.1) is 5.60 Å². The van der Waals surface area contributed by atoms with Gasteiger partial charge in [-0.15, -0.1) is 0 Å². The van der Waals surface area contributed by atoms with Crippen molar-refractivity contribution in [2.45, 2.75) is 45.6 Å². The van der Waals surface area contributed by atoms with E-state index in [1.165, 1.54) is 5.56 Å². The van der Waals surface area contributed by atoms with Crippen LogP contribution in [0.2, 0.25) is 0 Å². The van der Waals surface area contributed by atoms with Gasteiger partial charge in [-0.3, -0.25) is 0 Å². The van der Waals surface area contributed by atoms with E-state index >= 15 is 0 Å². The Morgan fingerprint density at radius 1 is 1.42 bits per heavy atom. The minimum atomic E-state index is -0.646. The van der Waals surface area contributed by atoms with Gasteiger partial charge in [-0.1, -0.05) is 45.0 Å². The quantitative estimate of drug-likeness (QED) is 0.873. The van der Waals surface area contributed by atoms with E-state index in [1.54, 1.807) is 0 Å². The van der Waals surface area contributed by atoms with Gasteiger partial charge >= 0.3 is 0 Å². The van der Waals surface area contributed by atoms with Crippen LogP contribution in [-0.4, -0.2) is 18.2 Å². The number of nitrogens with one attached hydrogen (secondary N) is 1. The number of hydrogen-bond donors (Lipinski definition) is 2. The lowest BCUT2D eigenvalue weighted by atomic mass is 9.75. The van der Waals surface area contributed by atoms with Crippen LogP contribution in [0.15, 0.2) is 24.3 Å². The Morgan fingerprint density at radius 2 is 2.21 bits per heavy atom. The minimum Gasteiger partial charge on any atom is -0.385 e. The molecule has 1 aromatic rings. The van der Waals surface area contributed by atoms with Gasteiger partial charge in [0.1, 0.15) is 0 Å². The zero-order chi connectivity index (χ0) is 13.9. The van der Waals surface area contributed by atoms with Gasteiger partial charge < -0.3 is 10.4 Å². The molecular weight excluding hydrogens is 234 g/mol. The zero-order valence-electron chi connectivity index (χ0n) is 12.4. The SMILES string of the molecule is CCC1CNCCC1(O)c1cccc(CC(C)C)c1. The Hall–Kier alpha value is -0.860. The molecule has 0 spiro atoms. The number of benzene rings is 1. The maximum atomic E-state index is 11.1. The summed E-state index contributed by atoms with van der Waals surface area (Å²) >= 11 is 0. The van der Waals surface area contributed by atoms with Crippen LogP contribution in [0.25, 0.3) is 0 Å². The molecule has 19 heavy (non-hydrogen) atoms. The zero-order valence-corrected chi connectivity index (χ0v) is 12.4. The Kier molecular flexibility index (Phi) is 4.64. The summed E-state index contributed by atoms with van der Waals surface area (Å²) in [6.07, 6.45) is 2.91. The summed E-state index contributed by atoms with van der Waals surface area (Å²) in [6, 6.07) is 8.58. The van der Waals surface area contributed by atoms with Crippen LogP contribution in [0.4, 0.5) is 0 Å². The number of aliphatic hydroxyl groups is 1. The van der Waals surface area contributed by atoms with Gasteiger partial charge in [-0.25, -0.2) is 0 Å². The van der Waals surface area contributed by atoms with Crippen molar-refractivity contribution in [3.63, 3.8) is 0 Å². The molecule has 0 amide bonds. The first kappa shape index (κ1) is 14.5. The van der Waals surface area contributed by atoms with E-state index in [-0.39, 0.29) is 0 Å². The molecule has 1 heterocycles. The van der Waals surface area contributed by atoms with E-state index in [1.807, 2.05) is 0 Å². The lowest BCUT2D eigenvalue weighted by Crippen LogP contribution is -2.47. The molecule has 0 radical (unpaired) electrons. The average molecular weight is 261 g/mol. The van der Waals surface area contributed by atoms with Gasteiger partial charge in [0, 0.05) is 12.5 Å². The molecule has 1 aromatic carbocycles. The van der Waals surface area contributed by atoms with E-state index < -0.39 is 5.60 Å². The lowest BCUT2D eigenvalue weighted by Gasteiger charge is -2.40. The van der Waals surface area contributed by atoms with Crippen molar-refractivity contribution >= 4 is 0 Å². The Morgan fingerprint density at radius 3 is 2.89 bits per heavy atom. The van der Waals surface area contributed by atoms with Gasteiger partial charge in [0.25, 0.3) is 0 Å². The number of piperidine rings is 1. The highest BCUT2D eigenvalue weighted by Gasteiger charge is 2.39. The highest BCUT2D eigenvalue weighted by atomic mass is 16.3. The van der Waals surface area contributed by atoms with Crippen molar-refractivity contribution in [1.82, 2.24) is 5.32 Å². The average Bonchev–Trinajstić information content (AvgIpc) is 2.39. The smallest absolute Gasteiger partial charge is 0.0948 e. The number of rotatable bonds is 4. The Bertz CT molecular complexity index is 415. The van der Waals surface area contributed by atoms with Crippen LogP contribution in [0.3, 0.4) is 0 Å². The fourth-order valence-corrected chi connectivity index (χ4v) is 3.23. The summed E-state index contributed by atoms with van der Waals surface area (Å²) in [4.78, 5) is 0. The molecule has 2 rings (SSSR count). The van der Waals surface area contributed by atoms with E-state index in [9.17, 15) is 5.11 Å². The summed E-state index contributed by atoms with van der Waals surface area (Å²) in [6.45, 7) is 8.46. The fraction of sp³-hybridized carbons (Fsp3) is 0.647. The molecule has 0 aliphatic carbocycles. The molecule has 2 nitrogen and oxygen atoms in total. The third kappa shape index (κ3) is 3.18. The van der Waals surface area contributed by atoms with Crippen LogP contribution in [0.1, 0.15) is 44.7 Å². The first-order valence-corrected chi connectivity index (χ1v) is 7.58. The molecule has 2 unspecified atom stereocenters. The summed E-state index contributed by atoms with van der Waals surface area (Å²) in [7, 11) is 0. The Labute approximate surface area is 117 Å². The summed E-state index contributed by atoms with van der Waals surface area (Å²) in [5.74, 6) is 0.968. The minimum absolute atomic E-state index is 0.315. The van der Waals surface area contributed by atoms with Crippen LogP contribution >= 0.6 is 0 Å². The molecule has 0 saturated carbocycles. The van der Waals surface area contributed by atoms with Crippen molar-refractivity contribution in [1.29, 1.82) is 0 Å². The summed E-state index contributed by atoms with van der Waals surface area (Å²) in [5, 5.41) is 14.5. The van der Waals surface area contributed by atoms with Gasteiger partial charge in [0.15, 0.2) is 0 Å². The van der Waals surface area contributed by atoms with Crippen LogP contribution in [0.5, 0.6) is 0 Å². The lowest BCUT2D eigenvalue weighted by molar-refractivity contribution is -0.0479. The molecule has 1 fully saturated rings. The maximum Gasteiger partial charge on any atom is 0.0948 e. The molecule has 2 heteroatoms. The topological polar surface area (TPSA) is 32.3 Å². The summed E-state index contributed by atoms with van der Waals surface area (Å²) < 4.78 is 0. The van der Waals surface area contributed by atoms with E-state index in [0.29, 0.717) is 11.8 Å². The largest absolute Gasteiger partial charge is 0.385 e. The van der Waals surface area contributed by atoms with Crippen LogP contribution < -0.4 is 5.32 Å². The predicted octanol–water partition coefficient (Wildman–Crippen LogP) is 3.09. The predicted molar refractivity (Wildman–Crippen MR) is 80.1 cm³/mol. The molecule has 2 N–H and O–H groups in total. The summed E-state index contributed by atoms with van der Waals surface area (Å²) in [5.41, 5.74) is 1.81. The van der Waals surface area contributed by atoms with Crippen LogP contribution in [-0.2, 0) is 12.0 Å². The molecular formula is C17H27NO. The van der Waals surface area contributed by atoms with E-state index in [2.05, 4.69) is 50.4 Å². The van der Waals surface area contributed by atoms with E-state index in [4.69, 9.17) is 0 Å². The van der Waals surface area contributed by atoms with E-state index in [0.717, 1.165) is 37.9 Å². The third-order valence-corrected chi connectivity index (χ3v) is 4.31. The second kappa shape index (κ2) is 6.06. The normalized spacial score (nSPS) is 27.7. The third-order valence-electron chi connectivity index (χ3n) is 4.31. The highest BCUT2D eigenvalue weighted by molar-refractivity contribution is 5.30. The molecule has 0 bridgehead atoms. The fourth-order valence-electron chi connectivity index (χ4n) is 3.23. The molecule has 1 aliphatic heterocycles. The number of hydrogen-bond acceptors (Lipinski definition) is 2. The van der Waals surface area contributed by atoms with Crippen molar-refractivity contribution < 1.29 is 5.11 Å². The molecule has 0 aromatic heterocycles. The van der Waals surface area contributed by atoms with Gasteiger partial charge in [-0.2, -0.15) is 0 Å². The van der Waals surface area contributed by atoms with Crippen molar-refractivity contribution in [2.75, 3.05) is 13.1 Å².